The first-order valence-corrected chi connectivity index (χ1v) is 8.93. The van der Waals surface area contributed by atoms with E-state index < -0.39 is 30.3 Å². The van der Waals surface area contributed by atoms with E-state index in [1.54, 1.807) is 25.1 Å². The van der Waals surface area contributed by atoms with Gasteiger partial charge in [0, 0.05) is 11.6 Å². The Kier molecular flexibility index (Phi) is 5.86. The van der Waals surface area contributed by atoms with Crippen molar-refractivity contribution in [2.75, 3.05) is 11.9 Å². The summed E-state index contributed by atoms with van der Waals surface area (Å²) < 4.78 is 20.4. The molecule has 0 fully saturated rings. The summed E-state index contributed by atoms with van der Waals surface area (Å²) in [6, 6.07) is 8.28. The van der Waals surface area contributed by atoms with E-state index in [-0.39, 0.29) is 17.1 Å². The number of rotatable bonds is 7. The summed E-state index contributed by atoms with van der Waals surface area (Å²) in [5.74, 6) is -1.88. The van der Waals surface area contributed by atoms with Crippen molar-refractivity contribution < 1.29 is 23.5 Å². The fourth-order valence-electron chi connectivity index (χ4n) is 2.99. The van der Waals surface area contributed by atoms with Crippen LogP contribution in [0.25, 0.3) is 16.8 Å². The molecule has 1 aromatic heterocycles. The number of aryl methyl sites for hydroxylation is 1. The number of primary amides is 3. The molecule has 7 N–H and O–H groups in total. The van der Waals surface area contributed by atoms with Crippen molar-refractivity contribution in [1.82, 2.24) is 9.78 Å². The predicted molar refractivity (Wildman–Crippen MR) is 110 cm³/mol. The second kappa shape index (κ2) is 8.53. The Bertz CT molecular complexity index is 1190. The van der Waals surface area contributed by atoms with E-state index >= 15 is 0 Å². The van der Waals surface area contributed by atoms with Crippen LogP contribution in [0.3, 0.4) is 0 Å². The van der Waals surface area contributed by atoms with Gasteiger partial charge >= 0.3 is 6.03 Å². The first kappa shape index (κ1) is 21.3. The Hall–Kier alpha value is -4.41. The van der Waals surface area contributed by atoms with Crippen molar-refractivity contribution >= 4 is 23.5 Å². The van der Waals surface area contributed by atoms with Gasteiger partial charge in [0.25, 0.3) is 11.8 Å². The van der Waals surface area contributed by atoms with Gasteiger partial charge in [0.15, 0.2) is 12.3 Å². The number of benzene rings is 2. The molecule has 0 spiro atoms. The van der Waals surface area contributed by atoms with E-state index in [0.29, 0.717) is 16.8 Å². The first-order chi connectivity index (χ1) is 14.7. The molecule has 11 heteroatoms. The number of ether oxygens (including phenoxy) is 1. The third-order valence-electron chi connectivity index (χ3n) is 4.28. The highest BCUT2D eigenvalue weighted by atomic mass is 19.1. The largest absolute Gasteiger partial charge is 0.483 e. The van der Waals surface area contributed by atoms with Crippen LogP contribution in [0.15, 0.2) is 42.6 Å². The molecule has 160 valence electrons. The van der Waals surface area contributed by atoms with E-state index in [9.17, 15) is 18.8 Å². The Balaban J connectivity index is 2.01. The summed E-state index contributed by atoms with van der Waals surface area (Å²) in [5.41, 5.74) is 18.0. The zero-order valence-electron chi connectivity index (χ0n) is 16.4. The number of nitrogens with zero attached hydrogens (tertiary/aromatic N) is 2. The molecule has 0 atom stereocenters. The minimum absolute atomic E-state index is 0.0717. The highest BCUT2D eigenvalue weighted by molar-refractivity contribution is 6.00. The van der Waals surface area contributed by atoms with Crippen LogP contribution < -0.4 is 27.3 Å². The quantitative estimate of drug-likeness (QED) is 0.447. The third-order valence-corrected chi connectivity index (χ3v) is 4.28. The number of hydrogen-bond donors (Lipinski definition) is 4. The summed E-state index contributed by atoms with van der Waals surface area (Å²) in [4.78, 5) is 33.8. The van der Waals surface area contributed by atoms with Gasteiger partial charge in [-0.15, -0.1) is 0 Å². The molecule has 1 heterocycles. The Morgan fingerprint density at radius 2 is 1.81 bits per heavy atom. The molecule has 4 amide bonds. The molecule has 0 saturated carbocycles. The van der Waals surface area contributed by atoms with Crippen LogP contribution >= 0.6 is 0 Å². The molecular weight excluding hydrogens is 407 g/mol. The topological polar surface area (TPSA) is 168 Å². The normalized spacial score (nSPS) is 10.5. The molecule has 0 bridgehead atoms. The van der Waals surface area contributed by atoms with Crippen molar-refractivity contribution in [3.63, 3.8) is 0 Å². The molecule has 10 nitrogen and oxygen atoms in total. The Labute approximate surface area is 175 Å². The van der Waals surface area contributed by atoms with Crippen molar-refractivity contribution in [2.45, 2.75) is 6.92 Å². The van der Waals surface area contributed by atoms with Gasteiger partial charge in [-0.25, -0.2) is 13.9 Å². The smallest absolute Gasteiger partial charge is 0.316 e. The third kappa shape index (κ3) is 4.78. The molecular formula is C20H19FN6O4. The molecule has 31 heavy (non-hydrogen) atoms. The summed E-state index contributed by atoms with van der Waals surface area (Å²) in [5, 5.41) is 6.40. The Morgan fingerprint density at radius 3 is 2.42 bits per heavy atom. The molecule has 0 unspecified atom stereocenters. The van der Waals surface area contributed by atoms with E-state index in [2.05, 4.69) is 10.4 Å². The number of halogens is 1. The Morgan fingerprint density at radius 1 is 1.10 bits per heavy atom. The maximum atomic E-state index is 13.7. The van der Waals surface area contributed by atoms with Gasteiger partial charge in [-0.3, -0.25) is 9.59 Å². The maximum absolute atomic E-state index is 13.7. The van der Waals surface area contributed by atoms with Gasteiger partial charge < -0.3 is 27.3 Å². The number of aromatic nitrogens is 2. The second-order valence-corrected chi connectivity index (χ2v) is 6.58. The van der Waals surface area contributed by atoms with E-state index in [4.69, 9.17) is 21.9 Å². The molecule has 3 aromatic rings. The number of nitrogens with one attached hydrogen (secondary N) is 1. The highest BCUT2D eigenvalue weighted by Gasteiger charge is 2.17. The fraction of sp³-hybridized carbons (Fsp3) is 0.100. The van der Waals surface area contributed by atoms with Crippen molar-refractivity contribution in [1.29, 1.82) is 0 Å². The average Bonchev–Trinajstić information content (AvgIpc) is 3.10. The minimum atomic E-state index is -0.867. The number of urea groups is 1. The van der Waals surface area contributed by atoms with Gasteiger partial charge in [-0.1, -0.05) is 6.07 Å². The van der Waals surface area contributed by atoms with Crippen LogP contribution in [0.4, 0.5) is 14.9 Å². The monoisotopic (exact) mass is 426 g/mol. The number of hydrogen-bond acceptors (Lipinski definition) is 5. The van der Waals surface area contributed by atoms with Crippen LogP contribution in [-0.4, -0.2) is 34.2 Å². The van der Waals surface area contributed by atoms with Crippen molar-refractivity contribution in [3.8, 4) is 22.6 Å². The second-order valence-electron chi connectivity index (χ2n) is 6.58. The van der Waals surface area contributed by atoms with Crippen LogP contribution in [0, 0.1) is 12.7 Å². The SMILES string of the molecule is Cc1cc(-n2cc(NC(N)=O)c(C(N)=O)n2)ccc1-c1ccc(F)cc1OCC(N)=O. The lowest BCUT2D eigenvalue weighted by Crippen LogP contribution is -2.22. The fourth-order valence-corrected chi connectivity index (χ4v) is 2.99. The molecule has 0 aliphatic carbocycles. The van der Waals surface area contributed by atoms with E-state index in [0.717, 1.165) is 5.56 Å². The summed E-state index contributed by atoms with van der Waals surface area (Å²) in [6.45, 7) is 1.41. The minimum Gasteiger partial charge on any atom is -0.483 e. The zero-order chi connectivity index (χ0) is 22.7. The molecule has 0 aliphatic heterocycles. The predicted octanol–water partition coefficient (Wildman–Crippen LogP) is 1.44. The van der Waals surface area contributed by atoms with Crippen molar-refractivity contribution in [2.24, 2.45) is 17.2 Å². The van der Waals surface area contributed by atoms with Gasteiger partial charge in [-0.05, 0) is 42.3 Å². The van der Waals surface area contributed by atoms with Gasteiger partial charge in [0.2, 0.25) is 0 Å². The molecule has 2 aromatic carbocycles. The highest BCUT2D eigenvalue weighted by Crippen LogP contribution is 2.34. The standard InChI is InChI=1S/C20H19FN6O4/c1-10-6-12(27-8-15(25-20(24)30)18(26-27)19(23)29)3-5-13(10)14-4-2-11(21)7-16(14)31-9-17(22)28/h2-8H,9H2,1H3,(H2,22,28)(H2,23,29)(H3,24,25,30). The molecule has 3 rings (SSSR count). The van der Waals surface area contributed by atoms with Crippen LogP contribution in [0.2, 0.25) is 0 Å². The van der Waals surface area contributed by atoms with Gasteiger partial charge in [-0.2, -0.15) is 5.10 Å². The van der Waals surface area contributed by atoms with Crippen LogP contribution in [0.1, 0.15) is 16.1 Å². The number of anilines is 1. The van der Waals surface area contributed by atoms with Gasteiger partial charge in [0.05, 0.1) is 17.6 Å². The molecule has 0 radical (unpaired) electrons. The number of amides is 4. The van der Waals surface area contributed by atoms with Crippen LogP contribution in [-0.2, 0) is 4.79 Å². The number of carbonyl (C=O) groups is 3. The lowest BCUT2D eigenvalue weighted by Gasteiger charge is -2.14. The van der Waals surface area contributed by atoms with Crippen molar-refractivity contribution in [3.05, 3.63) is 59.7 Å². The lowest BCUT2D eigenvalue weighted by atomic mass is 9.99. The zero-order valence-corrected chi connectivity index (χ0v) is 16.4. The average molecular weight is 426 g/mol. The number of carbonyl (C=O) groups excluding carboxylic acids is 3. The van der Waals surface area contributed by atoms with Gasteiger partial charge in [0.1, 0.15) is 11.6 Å². The van der Waals surface area contributed by atoms with E-state index in [1.165, 1.54) is 29.1 Å². The molecule has 0 aliphatic rings. The summed E-state index contributed by atoms with van der Waals surface area (Å²) >= 11 is 0. The van der Waals surface area contributed by atoms with E-state index in [1.807, 2.05) is 0 Å². The summed E-state index contributed by atoms with van der Waals surface area (Å²) in [7, 11) is 0. The molecule has 0 saturated heterocycles. The lowest BCUT2D eigenvalue weighted by molar-refractivity contribution is -0.119. The maximum Gasteiger partial charge on any atom is 0.316 e. The first-order valence-electron chi connectivity index (χ1n) is 8.93. The number of nitrogens with two attached hydrogens (primary N) is 3. The van der Waals surface area contributed by atoms with Crippen LogP contribution in [0.5, 0.6) is 5.75 Å². The summed E-state index contributed by atoms with van der Waals surface area (Å²) in [6.07, 6.45) is 1.40.